The van der Waals surface area contributed by atoms with Gasteiger partial charge in [0.15, 0.2) is 0 Å². The maximum absolute atomic E-state index is 5.75. The molecule has 0 radical (unpaired) electrons. The van der Waals surface area contributed by atoms with E-state index in [9.17, 15) is 0 Å². The Bertz CT molecular complexity index is 403. The molecule has 4 heteroatoms. The summed E-state index contributed by atoms with van der Waals surface area (Å²) in [5.41, 5.74) is 2.40. The van der Waals surface area contributed by atoms with Crippen molar-refractivity contribution in [3.8, 4) is 0 Å². The average Bonchev–Trinajstić information content (AvgIpc) is 2.47. The van der Waals surface area contributed by atoms with Crippen LogP contribution < -0.4 is 5.32 Å². The first-order chi connectivity index (χ1) is 10.2. The SMILES string of the molecule is CCOC1CCCN(Cc2ccc(CNC(C)C)cn2)C1. The van der Waals surface area contributed by atoms with Gasteiger partial charge in [0.25, 0.3) is 0 Å². The summed E-state index contributed by atoms with van der Waals surface area (Å²) in [4.78, 5) is 7.06. The fraction of sp³-hybridized carbons (Fsp3) is 0.706. The molecular weight excluding hydrogens is 262 g/mol. The van der Waals surface area contributed by atoms with E-state index in [2.05, 4.69) is 48.1 Å². The first-order valence-electron chi connectivity index (χ1n) is 8.18. The Hall–Kier alpha value is -0.970. The standard InChI is InChI=1S/C17H29N3O/c1-4-21-17-6-5-9-20(13-17)12-16-8-7-15(11-19-16)10-18-14(2)3/h7-8,11,14,17-18H,4-6,9-10,12-13H2,1-3H3. The molecule has 0 amide bonds. The molecule has 0 aromatic carbocycles. The summed E-state index contributed by atoms with van der Waals surface area (Å²) in [5, 5.41) is 3.42. The number of ether oxygens (including phenoxy) is 1. The highest BCUT2D eigenvalue weighted by Crippen LogP contribution is 2.15. The summed E-state index contributed by atoms with van der Waals surface area (Å²) >= 11 is 0. The largest absolute Gasteiger partial charge is 0.377 e. The third-order valence-corrected chi connectivity index (χ3v) is 3.85. The number of hydrogen-bond donors (Lipinski definition) is 1. The van der Waals surface area contributed by atoms with Crippen LogP contribution in [0.25, 0.3) is 0 Å². The van der Waals surface area contributed by atoms with Crippen LogP contribution in [-0.2, 0) is 17.8 Å². The van der Waals surface area contributed by atoms with Gasteiger partial charge >= 0.3 is 0 Å². The fourth-order valence-electron chi connectivity index (χ4n) is 2.73. The van der Waals surface area contributed by atoms with E-state index in [-0.39, 0.29) is 0 Å². The van der Waals surface area contributed by atoms with Crippen molar-refractivity contribution in [2.75, 3.05) is 19.7 Å². The summed E-state index contributed by atoms with van der Waals surface area (Å²) in [6, 6.07) is 4.84. The van der Waals surface area contributed by atoms with E-state index in [1.165, 1.54) is 18.4 Å². The van der Waals surface area contributed by atoms with E-state index in [1.54, 1.807) is 0 Å². The molecule has 1 aliphatic rings. The van der Waals surface area contributed by atoms with Crippen LogP contribution in [0.2, 0.25) is 0 Å². The molecule has 118 valence electrons. The molecule has 0 spiro atoms. The number of nitrogens with one attached hydrogen (secondary N) is 1. The lowest BCUT2D eigenvalue weighted by atomic mass is 10.1. The lowest BCUT2D eigenvalue weighted by molar-refractivity contribution is 0.00331. The van der Waals surface area contributed by atoms with Crippen LogP contribution in [0.15, 0.2) is 18.3 Å². The number of nitrogens with zero attached hydrogens (tertiary/aromatic N) is 2. The number of likely N-dealkylation sites (tertiary alicyclic amines) is 1. The Morgan fingerprint density at radius 1 is 1.43 bits per heavy atom. The van der Waals surface area contributed by atoms with E-state index >= 15 is 0 Å². The third-order valence-electron chi connectivity index (χ3n) is 3.85. The zero-order valence-electron chi connectivity index (χ0n) is 13.6. The predicted octanol–water partition coefficient (Wildman–Crippen LogP) is 2.58. The second-order valence-corrected chi connectivity index (χ2v) is 6.15. The van der Waals surface area contributed by atoms with Gasteiger partial charge in [-0.15, -0.1) is 0 Å². The van der Waals surface area contributed by atoms with Gasteiger partial charge in [-0.1, -0.05) is 19.9 Å². The highest BCUT2D eigenvalue weighted by atomic mass is 16.5. The Kier molecular flexibility index (Phi) is 6.61. The fourth-order valence-corrected chi connectivity index (χ4v) is 2.73. The molecule has 4 nitrogen and oxygen atoms in total. The Labute approximate surface area is 128 Å². The quantitative estimate of drug-likeness (QED) is 0.838. The maximum Gasteiger partial charge on any atom is 0.0702 e. The van der Waals surface area contributed by atoms with Gasteiger partial charge in [-0.05, 0) is 37.9 Å². The second kappa shape index (κ2) is 8.47. The van der Waals surface area contributed by atoms with E-state index in [1.807, 2.05) is 6.20 Å². The minimum absolute atomic E-state index is 0.401. The van der Waals surface area contributed by atoms with Gasteiger partial charge in [-0.3, -0.25) is 9.88 Å². The topological polar surface area (TPSA) is 37.4 Å². The smallest absolute Gasteiger partial charge is 0.0702 e. The number of aromatic nitrogens is 1. The summed E-state index contributed by atoms with van der Waals surface area (Å²) < 4.78 is 5.75. The molecule has 0 saturated carbocycles. The third kappa shape index (κ3) is 5.73. The first-order valence-corrected chi connectivity index (χ1v) is 8.18. The van der Waals surface area contributed by atoms with Gasteiger partial charge in [-0.2, -0.15) is 0 Å². The Morgan fingerprint density at radius 3 is 2.95 bits per heavy atom. The van der Waals surface area contributed by atoms with Crippen LogP contribution in [0.4, 0.5) is 0 Å². The van der Waals surface area contributed by atoms with Crippen LogP contribution in [0.3, 0.4) is 0 Å². The number of piperidine rings is 1. The van der Waals surface area contributed by atoms with Gasteiger partial charge in [0.05, 0.1) is 11.8 Å². The van der Waals surface area contributed by atoms with Crippen LogP contribution in [-0.4, -0.2) is 41.7 Å². The molecule has 21 heavy (non-hydrogen) atoms. The molecule has 2 heterocycles. The number of rotatable bonds is 7. The molecule has 1 atom stereocenters. The first kappa shape index (κ1) is 16.4. The molecule has 1 N–H and O–H groups in total. The summed E-state index contributed by atoms with van der Waals surface area (Å²) in [7, 11) is 0. The van der Waals surface area contributed by atoms with Gasteiger partial charge in [-0.25, -0.2) is 0 Å². The Morgan fingerprint density at radius 2 is 2.29 bits per heavy atom. The van der Waals surface area contributed by atoms with Crippen LogP contribution in [0.1, 0.15) is 44.9 Å². The molecular formula is C17H29N3O. The van der Waals surface area contributed by atoms with Gasteiger partial charge in [0.1, 0.15) is 0 Å². The van der Waals surface area contributed by atoms with Gasteiger partial charge in [0.2, 0.25) is 0 Å². The average molecular weight is 291 g/mol. The zero-order chi connectivity index (χ0) is 15.1. The van der Waals surface area contributed by atoms with Crippen molar-refractivity contribution in [3.63, 3.8) is 0 Å². The van der Waals surface area contributed by atoms with Crippen molar-refractivity contribution in [2.45, 2.75) is 58.8 Å². The summed E-state index contributed by atoms with van der Waals surface area (Å²) in [6.07, 6.45) is 4.81. The molecule has 1 aromatic heterocycles. The molecule has 1 unspecified atom stereocenters. The lowest BCUT2D eigenvalue weighted by Gasteiger charge is -2.32. The minimum Gasteiger partial charge on any atom is -0.377 e. The van der Waals surface area contributed by atoms with E-state index in [4.69, 9.17) is 4.74 Å². The van der Waals surface area contributed by atoms with Crippen LogP contribution >= 0.6 is 0 Å². The van der Waals surface area contributed by atoms with E-state index < -0.39 is 0 Å². The van der Waals surface area contributed by atoms with Crippen LogP contribution in [0, 0.1) is 0 Å². The Balaban J connectivity index is 1.82. The molecule has 1 fully saturated rings. The van der Waals surface area contributed by atoms with Gasteiger partial charge < -0.3 is 10.1 Å². The molecule has 0 aliphatic carbocycles. The second-order valence-electron chi connectivity index (χ2n) is 6.15. The molecule has 1 saturated heterocycles. The highest BCUT2D eigenvalue weighted by molar-refractivity contribution is 5.14. The van der Waals surface area contributed by atoms with E-state index in [0.29, 0.717) is 12.1 Å². The monoisotopic (exact) mass is 291 g/mol. The molecule has 1 aliphatic heterocycles. The lowest BCUT2D eigenvalue weighted by Crippen LogP contribution is -2.39. The van der Waals surface area contributed by atoms with Crippen molar-refractivity contribution >= 4 is 0 Å². The highest BCUT2D eigenvalue weighted by Gasteiger charge is 2.20. The van der Waals surface area contributed by atoms with Crippen molar-refractivity contribution in [1.82, 2.24) is 15.2 Å². The molecule has 1 aromatic rings. The minimum atomic E-state index is 0.401. The predicted molar refractivity (Wildman–Crippen MR) is 86.1 cm³/mol. The molecule has 2 rings (SSSR count). The number of hydrogen-bond acceptors (Lipinski definition) is 4. The van der Waals surface area contributed by atoms with Crippen molar-refractivity contribution in [1.29, 1.82) is 0 Å². The van der Waals surface area contributed by atoms with E-state index in [0.717, 1.165) is 38.5 Å². The van der Waals surface area contributed by atoms with Crippen molar-refractivity contribution in [3.05, 3.63) is 29.6 Å². The number of pyridine rings is 1. The van der Waals surface area contributed by atoms with Crippen molar-refractivity contribution < 1.29 is 4.74 Å². The zero-order valence-corrected chi connectivity index (χ0v) is 13.6. The van der Waals surface area contributed by atoms with Crippen LogP contribution in [0.5, 0.6) is 0 Å². The van der Waals surface area contributed by atoms with Crippen molar-refractivity contribution in [2.24, 2.45) is 0 Å². The van der Waals surface area contributed by atoms with Gasteiger partial charge in [0, 0.05) is 38.5 Å². The molecule has 0 bridgehead atoms. The summed E-state index contributed by atoms with van der Waals surface area (Å²) in [6.45, 7) is 11.2. The normalized spacial score (nSPS) is 20.1. The summed E-state index contributed by atoms with van der Waals surface area (Å²) in [5.74, 6) is 0. The maximum atomic E-state index is 5.75.